The number of halogens is 1. The Kier molecular flexibility index (Phi) is 11.1. The first-order valence-corrected chi connectivity index (χ1v) is 16.7. The molecule has 0 spiro atoms. The molecule has 0 saturated carbocycles. The van der Waals surface area contributed by atoms with Gasteiger partial charge in [0.15, 0.2) is 0 Å². The molecule has 0 heterocycles. The number of nitrogens with one attached hydrogen (secondary N) is 1. The second-order valence-corrected chi connectivity index (χ2v) is 13.9. The van der Waals surface area contributed by atoms with Gasteiger partial charge in [0, 0.05) is 24.0 Å². The van der Waals surface area contributed by atoms with E-state index in [9.17, 15) is 18.0 Å². The highest BCUT2D eigenvalue weighted by molar-refractivity contribution is 7.92. The topological polar surface area (TPSA) is 86.8 Å². The lowest BCUT2D eigenvalue weighted by Crippen LogP contribution is -2.54. The average molecular weight is 646 g/mol. The lowest BCUT2D eigenvalue weighted by molar-refractivity contribution is -0.140. The number of hydrogen-bond donors (Lipinski definition) is 1. The zero-order valence-electron chi connectivity index (χ0n) is 26.3. The molecule has 0 radical (unpaired) electrons. The van der Waals surface area contributed by atoms with Crippen LogP contribution in [0.4, 0.5) is 5.69 Å². The fourth-order valence-corrected chi connectivity index (χ4v) is 6.50. The molecule has 236 valence electrons. The number of carbonyl (C=O) groups is 2. The molecule has 0 aliphatic carbocycles. The monoisotopic (exact) mass is 645 g/mol. The fraction of sp³-hybridized carbons (Fsp3) is 0.278. The number of nitrogens with zero attached hydrogens (tertiary/aromatic N) is 2. The number of amides is 2. The number of rotatable bonds is 12. The summed E-state index contributed by atoms with van der Waals surface area (Å²) in [7, 11) is -4.20. The standard InChI is InChI=1S/C36H40ClN3O4S/c1-25(2)38-36(42)34(22-29-9-7-6-8-10-29)39(23-30-14-11-26(3)12-15-30)35(41)24-40(32-18-13-27(4)28(5)21-32)45(43,44)33-19-16-31(37)17-20-33/h6-21,25,34H,22-24H2,1-5H3,(H,38,42)/t34-/m0/s1. The van der Waals surface area contributed by atoms with Crippen molar-refractivity contribution in [3.63, 3.8) is 0 Å². The van der Waals surface area contributed by atoms with Crippen LogP contribution >= 0.6 is 11.6 Å². The number of benzene rings is 4. The van der Waals surface area contributed by atoms with E-state index >= 15 is 0 Å². The highest BCUT2D eigenvalue weighted by atomic mass is 35.5. The van der Waals surface area contributed by atoms with E-state index in [1.165, 1.54) is 29.2 Å². The predicted octanol–water partition coefficient (Wildman–Crippen LogP) is 6.63. The van der Waals surface area contributed by atoms with E-state index in [0.717, 1.165) is 32.1 Å². The molecule has 0 fully saturated rings. The third-order valence-electron chi connectivity index (χ3n) is 7.63. The Balaban J connectivity index is 1.82. The quantitative estimate of drug-likeness (QED) is 0.188. The maximum Gasteiger partial charge on any atom is 0.264 e. The molecule has 1 N–H and O–H groups in total. The lowest BCUT2D eigenvalue weighted by atomic mass is 10.0. The summed E-state index contributed by atoms with van der Waals surface area (Å²) in [5.41, 5.74) is 4.98. The maximum absolute atomic E-state index is 14.5. The van der Waals surface area contributed by atoms with Gasteiger partial charge in [0.05, 0.1) is 10.6 Å². The Morgan fingerprint density at radius 1 is 0.800 bits per heavy atom. The van der Waals surface area contributed by atoms with Crippen LogP contribution in [-0.2, 0) is 32.6 Å². The van der Waals surface area contributed by atoms with Crippen LogP contribution in [0.1, 0.15) is 41.7 Å². The van der Waals surface area contributed by atoms with Crippen molar-refractivity contribution in [2.45, 2.75) is 64.6 Å². The van der Waals surface area contributed by atoms with Crippen LogP contribution in [0.3, 0.4) is 0 Å². The Bertz CT molecular complexity index is 1720. The Labute approximate surface area is 271 Å². The molecular weight excluding hydrogens is 606 g/mol. The van der Waals surface area contributed by atoms with Gasteiger partial charge in [-0.05, 0) is 93.3 Å². The zero-order valence-corrected chi connectivity index (χ0v) is 27.9. The number of aryl methyl sites for hydroxylation is 3. The largest absolute Gasteiger partial charge is 0.352 e. The molecule has 9 heteroatoms. The van der Waals surface area contributed by atoms with E-state index in [1.807, 2.05) is 95.3 Å². The van der Waals surface area contributed by atoms with Gasteiger partial charge >= 0.3 is 0 Å². The second kappa shape index (κ2) is 14.8. The first kappa shape index (κ1) is 33.7. The fourth-order valence-electron chi connectivity index (χ4n) is 4.97. The Hall–Kier alpha value is -4.14. The summed E-state index contributed by atoms with van der Waals surface area (Å²) in [5.74, 6) is -0.821. The van der Waals surface area contributed by atoms with Gasteiger partial charge in [-0.2, -0.15) is 0 Å². The third-order valence-corrected chi connectivity index (χ3v) is 9.67. The normalized spacial score (nSPS) is 12.1. The predicted molar refractivity (Wildman–Crippen MR) is 181 cm³/mol. The SMILES string of the molecule is Cc1ccc(CN(C(=O)CN(c2ccc(C)c(C)c2)S(=O)(=O)c2ccc(Cl)cc2)[C@@H](Cc2ccccc2)C(=O)NC(C)C)cc1. The van der Waals surface area contributed by atoms with Gasteiger partial charge in [-0.1, -0.05) is 77.8 Å². The molecule has 4 aromatic rings. The van der Waals surface area contributed by atoms with Crippen LogP contribution in [0.25, 0.3) is 0 Å². The van der Waals surface area contributed by atoms with Gasteiger partial charge in [-0.3, -0.25) is 13.9 Å². The molecule has 0 bridgehead atoms. The summed E-state index contributed by atoms with van der Waals surface area (Å²) < 4.78 is 29.5. The van der Waals surface area contributed by atoms with Crippen LogP contribution in [0.15, 0.2) is 102 Å². The van der Waals surface area contributed by atoms with Crippen LogP contribution in [0.2, 0.25) is 5.02 Å². The summed E-state index contributed by atoms with van der Waals surface area (Å²) >= 11 is 6.07. The van der Waals surface area contributed by atoms with Crippen LogP contribution in [0.5, 0.6) is 0 Å². The Morgan fingerprint density at radius 2 is 1.44 bits per heavy atom. The van der Waals surface area contributed by atoms with Gasteiger partial charge in [-0.25, -0.2) is 8.42 Å². The number of carbonyl (C=O) groups excluding carboxylic acids is 2. The molecule has 2 amide bonds. The molecule has 0 unspecified atom stereocenters. The zero-order chi connectivity index (χ0) is 32.7. The summed E-state index contributed by atoms with van der Waals surface area (Å²) in [4.78, 5) is 29.8. The minimum Gasteiger partial charge on any atom is -0.352 e. The van der Waals surface area contributed by atoms with Crippen molar-refractivity contribution in [2.75, 3.05) is 10.8 Å². The smallest absolute Gasteiger partial charge is 0.264 e. The van der Waals surface area contributed by atoms with Gasteiger partial charge in [0.25, 0.3) is 10.0 Å². The average Bonchev–Trinajstić information content (AvgIpc) is 3.00. The summed E-state index contributed by atoms with van der Waals surface area (Å²) in [6, 6.07) is 27.3. The van der Waals surface area contributed by atoms with Crippen molar-refractivity contribution in [1.82, 2.24) is 10.2 Å². The van der Waals surface area contributed by atoms with Crippen molar-refractivity contribution < 1.29 is 18.0 Å². The van der Waals surface area contributed by atoms with Crippen molar-refractivity contribution in [1.29, 1.82) is 0 Å². The highest BCUT2D eigenvalue weighted by Crippen LogP contribution is 2.27. The molecule has 0 aliphatic heterocycles. The maximum atomic E-state index is 14.5. The van der Waals surface area contributed by atoms with E-state index in [1.54, 1.807) is 12.1 Å². The molecule has 4 rings (SSSR count). The minimum atomic E-state index is -4.20. The van der Waals surface area contributed by atoms with E-state index in [4.69, 9.17) is 11.6 Å². The van der Waals surface area contributed by atoms with Crippen LogP contribution in [0, 0.1) is 20.8 Å². The molecule has 7 nitrogen and oxygen atoms in total. The van der Waals surface area contributed by atoms with E-state index in [-0.39, 0.29) is 29.8 Å². The van der Waals surface area contributed by atoms with Crippen LogP contribution in [-0.4, -0.2) is 43.8 Å². The molecule has 45 heavy (non-hydrogen) atoms. The summed E-state index contributed by atoms with van der Waals surface area (Å²) in [5, 5.41) is 3.37. The molecule has 0 aliphatic rings. The minimum absolute atomic E-state index is 0.00130. The van der Waals surface area contributed by atoms with Gasteiger partial charge in [0.1, 0.15) is 12.6 Å². The van der Waals surface area contributed by atoms with E-state index in [2.05, 4.69) is 5.32 Å². The highest BCUT2D eigenvalue weighted by Gasteiger charge is 2.35. The number of anilines is 1. The number of hydrogen-bond acceptors (Lipinski definition) is 4. The summed E-state index contributed by atoms with van der Waals surface area (Å²) in [6.07, 6.45) is 0.255. The van der Waals surface area contributed by atoms with Crippen molar-refractivity contribution in [2.24, 2.45) is 0 Å². The molecule has 1 atom stereocenters. The van der Waals surface area contributed by atoms with Crippen molar-refractivity contribution in [3.05, 3.63) is 130 Å². The van der Waals surface area contributed by atoms with Crippen molar-refractivity contribution in [3.8, 4) is 0 Å². The first-order chi connectivity index (χ1) is 21.3. The van der Waals surface area contributed by atoms with Gasteiger partial charge in [0.2, 0.25) is 11.8 Å². The van der Waals surface area contributed by atoms with E-state index in [0.29, 0.717) is 10.7 Å². The first-order valence-electron chi connectivity index (χ1n) is 14.9. The molecule has 0 saturated heterocycles. The second-order valence-electron chi connectivity index (χ2n) is 11.6. The molecule has 4 aromatic carbocycles. The number of sulfonamides is 1. The van der Waals surface area contributed by atoms with Gasteiger partial charge in [-0.15, -0.1) is 0 Å². The summed E-state index contributed by atoms with van der Waals surface area (Å²) in [6.45, 7) is 9.14. The van der Waals surface area contributed by atoms with Gasteiger partial charge < -0.3 is 10.2 Å². The third kappa shape index (κ3) is 8.74. The van der Waals surface area contributed by atoms with Crippen molar-refractivity contribution >= 4 is 39.1 Å². The molecular formula is C36H40ClN3O4S. The lowest BCUT2D eigenvalue weighted by Gasteiger charge is -2.34. The van der Waals surface area contributed by atoms with E-state index < -0.39 is 28.5 Å². The molecule has 0 aromatic heterocycles. The Morgan fingerprint density at radius 3 is 2.04 bits per heavy atom. The van der Waals surface area contributed by atoms with Crippen LogP contribution < -0.4 is 9.62 Å².